The van der Waals surface area contributed by atoms with Crippen LogP contribution in [0.15, 0.2) is 18.2 Å². The minimum Gasteiger partial charge on any atom is -0.355 e. The van der Waals surface area contributed by atoms with Gasteiger partial charge in [-0.3, -0.25) is 9.59 Å². The highest BCUT2D eigenvalue weighted by atomic mass is 35.5. The molecule has 0 unspecified atom stereocenters. The summed E-state index contributed by atoms with van der Waals surface area (Å²) >= 11 is 5.94. The van der Waals surface area contributed by atoms with E-state index in [1.807, 2.05) is 6.92 Å². The second kappa shape index (κ2) is 6.25. The molecule has 0 saturated heterocycles. The van der Waals surface area contributed by atoms with Crippen LogP contribution >= 0.6 is 11.6 Å². The third kappa shape index (κ3) is 3.75. The molecule has 1 rings (SSSR count). The highest BCUT2D eigenvalue weighted by Crippen LogP contribution is 2.23. The zero-order valence-corrected chi connectivity index (χ0v) is 10.6. The van der Waals surface area contributed by atoms with Crippen LogP contribution in [0, 0.1) is 0 Å². The number of hydrogen-bond acceptors (Lipinski definition) is 2. The molecule has 0 bridgehead atoms. The van der Waals surface area contributed by atoms with E-state index < -0.39 is 0 Å². The van der Waals surface area contributed by atoms with Crippen LogP contribution in [-0.2, 0) is 4.79 Å². The third-order valence-electron chi connectivity index (χ3n) is 2.21. The topological polar surface area (TPSA) is 58.2 Å². The summed E-state index contributed by atoms with van der Waals surface area (Å²) < 4.78 is 0. The fourth-order valence-corrected chi connectivity index (χ4v) is 1.51. The number of rotatable bonds is 4. The van der Waals surface area contributed by atoms with Crippen LogP contribution in [0.1, 0.15) is 30.1 Å². The highest BCUT2D eigenvalue weighted by molar-refractivity contribution is 6.33. The lowest BCUT2D eigenvalue weighted by atomic mass is 10.2. The average Bonchev–Trinajstić information content (AvgIpc) is 2.31. The second-order valence-electron chi connectivity index (χ2n) is 3.57. The van der Waals surface area contributed by atoms with Crippen LogP contribution in [0.2, 0.25) is 5.02 Å². The molecule has 0 spiro atoms. The first-order valence-corrected chi connectivity index (χ1v) is 5.77. The quantitative estimate of drug-likeness (QED) is 0.867. The first kappa shape index (κ1) is 13.5. The van der Waals surface area contributed by atoms with Crippen molar-refractivity contribution in [2.45, 2.75) is 19.8 Å². The minimum absolute atomic E-state index is 0.108. The van der Waals surface area contributed by atoms with Crippen molar-refractivity contribution in [3.63, 3.8) is 0 Å². The first-order valence-electron chi connectivity index (χ1n) is 5.40. The number of carbonyl (C=O) groups is 2. The summed E-state index contributed by atoms with van der Waals surface area (Å²) in [5.74, 6) is -0.323. The van der Waals surface area contributed by atoms with Crippen molar-refractivity contribution in [1.29, 1.82) is 0 Å². The van der Waals surface area contributed by atoms with Crippen molar-refractivity contribution < 1.29 is 9.59 Å². The molecule has 0 fully saturated rings. The maximum atomic E-state index is 11.4. The third-order valence-corrected chi connectivity index (χ3v) is 2.54. The lowest BCUT2D eigenvalue weighted by Gasteiger charge is -2.08. The minimum atomic E-state index is -0.215. The molecule has 1 aromatic carbocycles. The van der Waals surface area contributed by atoms with E-state index in [9.17, 15) is 9.59 Å². The second-order valence-corrected chi connectivity index (χ2v) is 3.98. The van der Waals surface area contributed by atoms with Crippen molar-refractivity contribution in [3.8, 4) is 0 Å². The van der Waals surface area contributed by atoms with E-state index in [0.717, 1.165) is 6.42 Å². The number of amides is 2. The lowest BCUT2D eigenvalue weighted by molar-refractivity contribution is -0.116. The molecular weight excluding hydrogens is 240 g/mol. The molecule has 2 N–H and O–H groups in total. The van der Waals surface area contributed by atoms with Crippen LogP contribution < -0.4 is 10.6 Å². The molecule has 0 aliphatic carbocycles. The Morgan fingerprint density at radius 2 is 2.06 bits per heavy atom. The molecular formula is C12H15ClN2O2. The number of halogens is 1. The number of benzene rings is 1. The Morgan fingerprint density at radius 3 is 2.65 bits per heavy atom. The monoisotopic (exact) mass is 254 g/mol. The van der Waals surface area contributed by atoms with Crippen molar-refractivity contribution in [2.24, 2.45) is 0 Å². The molecule has 0 aliphatic rings. The predicted molar refractivity (Wildman–Crippen MR) is 68.4 cm³/mol. The molecule has 0 heterocycles. The van der Waals surface area contributed by atoms with Crippen LogP contribution in [0.4, 0.5) is 5.69 Å². The van der Waals surface area contributed by atoms with Gasteiger partial charge in [0.2, 0.25) is 5.91 Å². The highest BCUT2D eigenvalue weighted by Gasteiger charge is 2.09. The first-order chi connectivity index (χ1) is 8.08. The van der Waals surface area contributed by atoms with E-state index in [-0.39, 0.29) is 11.8 Å². The van der Waals surface area contributed by atoms with Gasteiger partial charge < -0.3 is 10.6 Å². The van der Waals surface area contributed by atoms with Gasteiger partial charge in [0.15, 0.2) is 0 Å². The zero-order chi connectivity index (χ0) is 12.8. The van der Waals surface area contributed by atoms with Crippen molar-refractivity contribution in [3.05, 3.63) is 28.8 Å². The van der Waals surface area contributed by atoms with E-state index in [0.29, 0.717) is 22.7 Å². The fraction of sp³-hybridized carbons (Fsp3) is 0.333. The Kier molecular flexibility index (Phi) is 4.97. The molecule has 4 nitrogen and oxygen atoms in total. The number of carbonyl (C=O) groups excluding carboxylic acids is 2. The molecule has 0 aliphatic heterocycles. The molecule has 0 atom stereocenters. The van der Waals surface area contributed by atoms with Gasteiger partial charge in [0.1, 0.15) is 0 Å². The van der Waals surface area contributed by atoms with Crippen molar-refractivity contribution in [1.82, 2.24) is 5.32 Å². The Labute approximate surface area is 105 Å². The van der Waals surface area contributed by atoms with E-state index in [2.05, 4.69) is 10.6 Å². The van der Waals surface area contributed by atoms with Gasteiger partial charge in [0, 0.05) is 19.0 Å². The molecule has 0 aromatic heterocycles. The standard InChI is InChI=1S/C12H15ClN2O2/c1-3-4-11(16)15-10-7-8(12(17)14-2)5-6-9(10)13/h5-7H,3-4H2,1-2H3,(H,14,17)(H,15,16). The van der Waals surface area contributed by atoms with E-state index in [4.69, 9.17) is 11.6 Å². The average molecular weight is 255 g/mol. The molecule has 2 amide bonds. The zero-order valence-electron chi connectivity index (χ0n) is 9.84. The van der Waals surface area contributed by atoms with Gasteiger partial charge in [-0.05, 0) is 24.6 Å². The molecule has 0 saturated carbocycles. The Hall–Kier alpha value is -1.55. The van der Waals surface area contributed by atoms with Gasteiger partial charge in [-0.2, -0.15) is 0 Å². The van der Waals surface area contributed by atoms with Crippen molar-refractivity contribution in [2.75, 3.05) is 12.4 Å². The number of nitrogens with one attached hydrogen (secondary N) is 2. The van der Waals surface area contributed by atoms with E-state index in [1.165, 1.54) is 0 Å². The largest absolute Gasteiger partial charge is 0.355 e. The maximum absolute atomic E-state index is 11.4. The number of anilines is 1. The summed E-state index contributed by atoms with van der Waals surface area (Å²) in [6, 6.07) is 4.76. The predicted octanol–water partition coefficient (Wildman–Crippen LogP) is 2.44. The van der Waals surface area contributed by atoms with Crippen LogP contribution in [0.3, 0.4) is 0 Å². The molecule has 5 heteroatoms. The number of hydrogen-bond donors (Lipinski definition) is 2. The summed E-state index contributed by atoms with van der Waals surface area (Å²) in [7, 11) is 1.55. The Bertz CT molecular complexity index is 433. The van der Waals surface area contributed by atoms with E-state index >= 15 is 0 Å². The van der Waals surface area contributed by atoms with Crippen LogP contribution in [-0.4, -0.2) is 18.9 Å². The fourth-order valence-electron chi connectivity index (χ4n) is 1.35. The van der Waals surface area contributed by atoms with Gasteiger partial charge in [0.05, 0.1) is 10.7 Å². The van der Waals surface area contributed by atoms with Crippen LogP contribution in [0.5, 0.6) is 0 Å². The summed E-state index contributed by atoms with van der Waals surface area (Å²) in [6.07, 6.45) is 1.19. The van der Waals surface area contributed by atoms with Gasteiger partial charge >= 0.3 is 0 Å². The normalized spacial score (nSPS) is 9.82. The smallest absolute Gasteiger partial charge is 0.251 e. The van der Waals surface area contributed by atoms with Crippen molar-refractivity contribution >= 4 is 29.1 Å². The summed E-state index contributed by atoms with van der Waals surface area (Å²) in [5.41, 5.74) is 0.926. The van der Waals surface area contributed by atoms with Crippen LogP contribution in [0.25, 0.3) is 0 Å². The van der Waals surface area contributed by atoms with E-state index in [1.54, 1.807) is 25.2 Å². The summed E-state index contributed by atoms with van der Waals surface area (Å²) in [6.45, 7) is 1.92. The Balaban J connectivity index is 2.90. The molecule has 17 heavy (non-hydrogen) atoms. The SMILES string of the molecule is CCCC(=O)Nc1cc(C(=O)NC)ccc1Cl. The van der Waals surface area contributed by atoms with Gasteiger partial charge in [-0.1, -0.05) is 18.5 Å². The van der Waals surface area contributed by atoms with Gasteiger partial charge in [0.25, 0.3) is 5.91 Å². The lowest BCUT2D eigenvalue weighted by Crippen LogP contribution is -2.18. The summed E-state index contributed by atoms with van der Waals surface area (Å²) in [4.78, 5) is 22.9. The molecule has 1 aromatic rings. The molecule has 0 radical (unpaired) electrons. The summed E-state index contributed by atoms with van der Waals surface area (Å²) in [5, 5.41) is 5.61. The van der Waals surface area contributed by atoms with Gasteiger partial charge in [-0.25, -0.2) is 0 Å². The van der Waals surface area contributed by atoms with Gasteiger partial charge in [-0.15, -0.1) is 0 Å². The maximum Gasteiger partial charge on any atom is 0.251 e. The Morgan fingerprint density at radius 1 is 1.35 bits per heavy atom. The molecule has 92 valence electrons.